The van der Waals surface area contributed by atoms with Crippen LogP contribution in [0.25, 0.3) is 0 Å². The van der Waals surface area contributed by atoms with Crippen LogP contribution in [0.4, 0.5) is 13.2 Å². The maximum Gasteiger partial charge on any atom is 0.433 e. The van der Waals surface area contributed by atoms with Gasteiger partial charge < -0.3 is 0 Å². The van der Waals surface area contributed by atoms with Gasteiger partial charge in [0, 0.05) is 12.2 Å². The van der Waals surface area contributed by atoms with Crippen LogP contribution in [-0.4, -0.2) is 13.9 Å². The van der Waals surface area contributed by atoms with Crippen LogP contribution in [0, 0.1) is 0 Å². The van der Waals surface area contributed by atoms with Crippen LogP contribution in [0.1, 0.15) is 45.0 Å². The van der Waals surface area contributed by atoms with Crippen molar-refractivity contribution >= 4 is 11.0 Å². The Morgan fingerprint density at radius 2 is 1.89 bits per heavy atom. The van der Waals surface area contributed by atoms with Gasteiger partial charge in [-0.3, -0.25) is 4.98 Å². The lowest BCUT2D eigenvalue weighted by Crippen LogP contribution is -2.34. The van der Waals surface area contributed by atoms with Crippen molar-refractivity contribution in [1.82, 2.24) is 9.71 Å². The van der Waals surface area contributed by atoms with E-state index in [1.165, 1.54) is 6.07 Å². The normalized spacial score (nSPS) is 16.2. The van der Waals surface area contributed by atoms with Gasteiger partial charge in [0.2, 0.25) is 0 Å². The number of nitrogens with zero attached hydrogens (tertiary/aromatic N) is 1. The highest BCUT2D eigenvalue weighted by molar-refractivity contribution is 7.84. The number of aromatic nitrogens is 1. The molecule has 0 aliphatic heterocycles. The van der Waals surface area contributed by atoms with E-state index >= 15 is 0 Å². The summed E-state index contributed by atoms with van der Waals surface area (Å²) in [6.07, 6.45) is -3.37. The third-order valence-electron chi connectivity index (χ3n) is 2.41. The van der Waals surface area contributed by atoms with Crippen molar-refractivity contribution < 1.29 is 17.4 Å². The van der Waals surface area contributed by atoms with Crippen molar-refractivity contribution in [2.24, 2.45) is 0 Å². The molecule has 0 fully saturated rings. The fraction of sp³-hybridized carbons (Fsp3) is 0.583. The number of pyridine rings is 1. The number of halogens is 3. The van der Waals surface area contributed by atoms with Crippen molar-refractivity contribution in [3.63, 3.8) is 0 Å². The van der Waals surface area contributed by atoms with Gasteiger partial charge in [-0.1, -0.05) is 0 Å². The smallest absolute Gasteiger partial charge is 0.252 e. The SMILES string of the molecule is CC(N[S@](=O)C(C)(C)C)c1ccnc(C(F)(F)F)c1. The lowest BCUT2D eigenvalue weighted by Gasteiger charge is -2.22. The Morgan fingerprint density at radius 3 is 2.37 bits per heavy atom. The van der Waals surface area contributed by atoms with Crippen molar-refractivity contribution in [1.29, 1.82) is 0 Å². The maximum absolute atomic E-state index is 12.5. The van der Waals surface area contributed by atoms with Crippen LogP contribution in [-0.2, 0) is 17.2 Å². The van der Waals surface area contributed by atoms with Gasteiger partial charge in [0.25, 0.3) is 0 Å². The topological polar surface area (TPSA) is 42.0 Å². The Hall–Kier alpha value is -0.950. The predicted molar refractivity (Wildman–Crippen MR) is 68.7 cm³/mol. The first-order valence-corrected chi connectivity index (χ1v) is 6.88. The fourth-order valence-corrected chi connectivity index (χ4v) is 2.09. The summed E-state index contributed by atoms with van der Waals surface area (Å²) in [6.45, 7) is 7.03. The van der Waals surface area contributed by atoms with Gasteiger partial charge in [0.1, 0.15) is 5.69 Å². The monoisotopic (exact) mass is 294 g/mol. The van der Waals surface area contributed by atoms with Crippen LogP contribution in [0.5, 0.6) is 0 Å². The molecule has 108 valence electrons. The molecule has 1 unspecified atom stereocenters. The number of hydrogen-bond donors (Lipinski definition) is 1. The third-order valence-corrected chi connectivity index (χ3v) is 4.09. The molecule has 2 atom stereocenters. The molecule has 1 aromatic heterocycles. The molecule has 0 bridgehead atoms. The molecule has 3 nitrogen and oxygen atoms in total. The van der Waals surface area contributed by atoms with E-state index in [1.54, 1.807) is 27.7 Å². The molecule has 1 aromatic rings. The van der Waals surface area contributed by atoms with Gasteiger partial charge in [-0.25, -0.2) is 8.93 Å². The first-order chi connectivity index (χ1) is 8.51. The van der Waals surface area contributed by atoms with E-state index in [-0.39, 0.29) is 0 Å². The summed E-state index contributed by atoms with van der Waals surface area (Å²) in [5.41, 5.74) is -0.542. The number of nitrogens with one attached hydrogen (secondary N) is 1. The zero-order valence-corrected chi connectivity index (χ0v) is 12.0. The van der Waals surface area contributed by atoms with Gasteiger partial charge in [-0.05, 0) is 45.4 Å². The molecule has 7 heteroatoms. The molecule has 19 heavy (non-hydrogen) atoms. The fourth-order valence-electron chi connectivity index (χ4n) is 1.28. The quantitative estimate of drug-likeness (QED) is 0.930. The standard InChI is InChI=1S/C12H17F3N2OS/c1-8(17-19(18)11(2,3)4)9-5-6-16-10(7-9)12(13,14)15/h5-8,17H,1-4H3/t8?,19-/m1/s1. The Morgan fingerprint density at radius 1 is 1.32 bits per heavy atom. The van der Waals surface area contributed by atoms with Gasteiger partial charge in [-0.2, -0.15) is 13.2 Å². The summed E-state index contributed by atoms with van der Waals surface area (Å²) in [7, 11) is -1.35. The summed E-state index contributed by atoms with van der Waals surface area (Å²) >= 11 is 0. The summed E-state index contributed by atoms with van der Waals surface area (Å²) in [5.74, 6) is 0. The van der Waals surface area contributed by atoms with Gasteiger partial charge in [0.15, 0.2) is 0 Å². The minimum absolute atomic E-state index is 0.403. The van der Waals surface area contributed by atoms with Gasteiger partial charge >= 0.3 is 6.18 Å². The van der Waals surface area contributed by atoms with Crippen LogP contribution in [0.2, 0.25) is 0 Å². The number of alkyl halides is 3. The Balaban J connectivity index is 2.89. The van der Waals surface area contributed by atoms with E-state index < -0.39 is 33.6 Å². The van der Waals surface area contributed by atoms with E-state index in [0.717, 1.165) is 12.3 Å². The maximum atomic E-state index is 12.5. The molecule has 0 aromatic carbocycles. The Bertz CT molecular complexity index is 469. The lowest BCUT2D eigenvalue weighted by molar-refractivity contribution is -0.141. The summed E-state index contributed by atoms with van der Waals surface area (Å²) in [6, 6.07) is 1.99. The van der Waals surface area contributed by atoms with Gasteiger partial charge in [-0.15, -0.1) is 0 Å². The van der Waals surface area contributed by atoms with Crippen LogP contribution in [0.15, 0.2) is 18.3 Å². The zero-order valence-electron chi connectivity index (χ0n) is 11.2. The lowest BCUT2D eigenvalue weighted by atomic mass is 10.1. The Kier molecular flexibility index (Phi) is 4.73. The molecule has 0 aliphatic rings. The van der Waals surface area contributed by atoms with E-state index in [2.05, 4.69) is 9.71 Å². The molecule has 1 rings (SSSR count). The summed E-state index contributed by atoms with van der Waals surface area (Å²) < 4.78 is 51.8. The van der Waals surface area contributed by atoms with Crippen LogP contribution < -0.4 is 4.72 Å². The molecule has 0 radical (unpaired) electrons. The first kappa shape index (κ1) is 16.1. The average molecular weight is 294 g/mol. The minimum atomic E-state index is -4.47. The van der Waals surface area contributed by atoms with E-state index in [1.807, 2.05) is 0 Å². The zero-order chi connectivity index (χ0) is 14.8. The van der Waals surface area contributed by atoms with Crippen molar-refractivity contribution in [3.8, 4) is 0 Å². The molecule has 1 N–H and O–H groups in total. The second kappa shape index (κ2) is 5.58. The molecular formula is C12H17F3N2OS. The summed E-state index contributed by atoms with van der Waals surface area (Å²) in [5, 5.41) is 0. The summed E-state index contributed by atoms with van der Waals surface area (Å²) in [4.78, 5) is 3.29. The van der Waals surface area contributed by atoms with E-state index in [9.17, 15) is 17.4 Å². The van der Waals surface area contributed by atoms with Crippen LogP contribution in [0.3, 0.4) is 0 Å². The third kappa shape index (κ3) is 4.58. The van der Waals surface area contributed by atoms with Gasteiger partial charge in [0.05, 0.1) is 15.7 Å². The molecule has 0 amide bonds. The second-order valence-electron chi connectivity index (χ2n) is 5.19. The van der Waals surface area contributed by atoms with Crippen molar-refractivity contribution in [2.45, 2.75) is 44.7 Å². The molecular weight excluding hydrogens is 277 g/mol. The van der Waals surface area contributed by atoms with Crippen molar-refractivity contribution in [3.05, 3.63) is 29.6 Å². The molecule has 0 spiro atoms. The highest BCUT2D eigenvalue weighted by Gasteiger charge is 2.33. The molecule has 0 saturated carbocycles. The van der Waals surface area contributed by atoms with E-state index in [4.69, 9.17) is 0 Å². The number of hydrogen-bond acceptors (Lipinski definition) is 2. The number of rotatable bonds is 3. The highest BCUT2D eigenvalue weighted by Crippen LogP contribution is 2.29. The second-order valence-corrected chi connectivity index (χ2v) is 7.19. The first-order valence-electron chi connectivity index (χ1n) is 5.73. The van der Waals surface area contributed by atoms with Crippen LogP contribution >= 0.6 is 0 Å². The highest BCUT2D eigenvalue weighted by atomic mass is 32.2. The van der Waals surface area contributed by atoms with Crippen molar-refractivity contribution in [2.75, 3.05) is 0 Å². The largest absolute Gasteiger partial charge is 0.433 e. The van der Waals surface area contributed by atoms with E-state index in [0.29, 0.717) is 5.56 Å². The molecule has 1 heterocycles. The molecule has 0 saturated heterocycles. The predicted octanol–water partition coefficient (Wildman–Crippen LogP) is 3.21. The molecule has 0 aliphatic carbocycles. The average Bonchev–Trinajstić information content (AvgIpc) is 2.26. The minimum Gasteiger partial charge on any atom is -0.252 e. The Labute approximate surface area is 113 Å².